The minimum absolute atomic E-state index is 0.0263. The van der Waals surface area contributed by atoms with Crippen LogP contribution < -0.4 is 10.9 Å². The molecular weight excluding hydrogens is 368 g/mol. The highest BCUT2D eigenvalue weighted by Crippen LogP contribution is 2.35. The molecule has 0 saturated heterocycles. The number of nitriles is 1. The molecule has 0 spiro atoms. The molecule has 0 aliphatic heterocycles. The fraction of sp³-hybridized carbons (Fsp3) is 0.556. The van der Waals surface area contributed by atoms with Gasteiger partial charge in [-0.3, -0.25) is 14.2 Å². The van der Waals surface area contributed by atoms with Crippen LogP contribution >= 0.6 is 23.1 Å². The molecule has 1 amide bonds. The molecule has 0 atom stereocenters. The predicted octanol–water partition coefficient (Wildman–Crippen LogP) is 2.53. The molecular formula is C18H20N4O2S2. The number of hydrogen-bond acceptors (Lipinski definition) is 6. The standard InChI is InChI=1S/C18H20N4O2S2/c1-22-16(24)14-11-5-4-6-12(11)26-15(14)20-17(22)25-9-13(23)21-18(10-19)7-2-3-8-18/h2-9H2,1H3,(H,21,23). The van der Waals surface area contributed by atoms with Gasteiger partial charge in [0.15, 0.2) is 5.16 Å². The summed E-state index contributed by atoms with van der Waals surface area (Å²) in [5.41, 5.74) is 0.432. The summed E-state index contributed by atoms with van der Waals surface area (Å²) in [5, 5.41) is 13.6. The zero-order valence-corrected chi connectivity index (χ0v) is 16.3. The Kier molecular flexibility index (Phi) is 4.53. The second-order valence-corrected chi connectivity index (χ2v) is 9.06. The molecule has 2 aromatic heterocycles. The van der Waals surface area contributed by atoms with Gasteiger partial charge in [0.05, 0.1) is 17.2 Å². The largest absolute Gasteiger partial charge is 0.337 e. The Labute approximate surface area is 159 Å². The Bertz CT molecular complexity index is 980. The minimum atomic E-state index is -0.713. The van der Waals surface area contributed by atoms with Crippen LogP contribution in [0.15, 0.2) is 9.95 Å². The average molecular weight is 389 g/mol. The summed E-state index contributed by atoms with van der Waals surface area (Å²) in [6.45, 7) is 0. The Morgan fingerprint density at radius 2 is 2.15 bits per heavy atom. The number of nitrogens with one attached hydrogen (secondary N) is 1. The Morgan fingerprint density at radius 3 is 2.88 bits per heavy atom. The van der Waals surface area contributed by atoms with E-state index in [4.69, 9.17) is 0 Å². The Morgan fingerprint density at radius 1 is 1.38 bits per heavy atom. The van der Waals surface area contributed by atoms with Gasteiger partial charge in [-0.1, -0.05) is 11.8 Å². The molecule has 1 N–H and O–H groups in total. The molecule has 2 aliphatic rings. The van der Waals surface area contributed by atoms with Crippen molar-refractivity contribution in [2.75, 3.05) is 5.75 Å². The van der Waals surface area contributed by atoms with E-state index in [2.05, 4.69) is 16.4 Å². The molecule has 6 nitrogen and oxygen atoms in total. The van der Waals surface area contributed by atoms with E-state index in [9.17, 15) is 14.9 Å². The third kappa shape index (κ3) is 2.93. The summed E-state index contributed by atoms with van der Waals surface area (Å²) >= 11 is 2.86. The normalized spacial score (nSPS) is 18.0. The molecule has 0 bridgehead atoms. The van der Waals surface area contributed by atoms with Crippen LogP contribution in [0.4, 0.5) is 0 Å². The zero-order valence-electron chi connectivity index (χ0n) is 14.6. The number of carbonyl (C=O) groups is 1. The third-order valence-corrected chi connectivity index (χ3v) is 7.50. The molecule has 136 valence electrons. The van der Waals surface area contributed by atoms with Crippen LogP contribution in [0.2, 0.25) is 0 Å². The zero-order chi connectivity index (χ0) is 18.3. The first-order valence-electron chi connectivity index (χ1n) is 8.89. The lowest BCUT2D eigenvalue weighted by Crippen LogP contribution is -2.45. The van der Waals surface area contributed by atoms with E-state index in [1.807, 2.05) is 0 Å². The van der Waals surface area contributed by atoms with E-state index in [0.717, 1.165) is 42.3 Å². The van der Waals surface area contributed by atoms with Crippen molar-refractivity contribution in [3.05, 3.63) is 20.8 Å². The lowest BCUT2D eigenvalue weighted by molar-refractivity contribution is -0.119. The van der Waals surface area contributed by atoms with Gasteiger partial charge in [0, 0.05) is 11.9 Å². The molecule has 2 aliphatic carbocycles. The maximum Gasteiger partial charge on any atom is 0.262 e. The van der Waals surface area contributed by atoms with Crippen molar-refractivity contribution in [3.63, 3.8) is 0 Å². The van der Waals surface area contributed by atoms with Crippen LogP contribution in [0.5, 0.6) is 0 Å². The van der Waals surface area contributed by atoms with Crippen molar-refractivity contribution in [2.45, 2.75) is 55.6 Å². The van der Waals surface area contributed by atoms with Crippen molar-refractivity contribution in [3.8, 4) is 6.07 Å². The van der Waals surface area contributed by atoms with E-state index in [0.29, 0.717) is 18.0 Å². The first-order valence-corrected chi connectivity index (χ1v) is 10.7. The van der Waals surface area contributed by atoms with E-state index in [1.54, 1.807) is 23.0 Å². The predicted molar refractivity (Wildman–Crippen MR) is 103 cm³/mol. The van der Waals surface area contributed by atoms with Crippen molar-refractivity contribution >= 4 is 39.2 Å². The summed E-state index contributed by atoms with van der Waals surface area (Å²) in [7, 11) is 1.71. The third-order valence-electron chi connectivity index (χ3n) is 5.29. The number of thioether (sulfide) groups is 1. The van der Waals surface area contributed by atoms with Gasteiger partial charge in [-0.2, -0.15) is 5.26 Å². The molecule has 1 saturated carbocycles. The first-order chi connectivity index (χ1) is 12.5. The van der Waals surface area contributed by atoms with Gasteiger partial charge in [0.1, 0.15) is 10.4 Å². The smallest absolute Gasteiger partial charge is 0.262 e. The molecule has 0 aromatic carbocycles. The van der Waals surface area contributed by atoms with Gasteiger partial charge in [0.2, 0.25) is 5.91 Å². The monoisotopic (exact) mass is 388 g/mol. The number of aromatic nitrogens is 2. The van der Waals surface area contributed by atoms with Crippen LogP contribution in [0.25, 0.3) is 10.2 Å². The summed E-state index contributed by atoms with van der Waals surface area (Å²) in [6, 6.07) is 2.26. The van der Waals surface area contributed by atoms with Crippen LogP contribution in [0, 0.1) is 11.3 Å². The SMILES string of the molecule is Cn1c(SCC(=O)NC2(C#N)CCCC2)nc2sc3c(c2c1=O)CCC3. The quantitative estimate of drug-likeness (QED) is 0.642. The van der Waals surface area contributed by atoms with Crippen molar-refractivity contribution in [1.29, 1.82) is 5.26 Å². The number of thiophene rings is 1. The van der Waals surface area contributed by atoms with Gasteiger partial charge in [0.25, 0.3) is 5.56 Å². The van der Waals surface area contributed by atoms with E-state index in [1.165, 1.54) is 22.2 Å². The molecule has 4 rings (SSSR count). The number of carbonyl (C=O) groups excluding carboxylic acids is 1. The lowest BCUT2D eigenvalue weighted by Gasteiger charge is -2.21. The maximum absolute atomic E-state index is 12.8. The number of rotatable bonds is 4. The average Bonchev–Trinajstić information content (AvgIpc) is 3.33. The number of aryl methyl sites for hydroxylation is 2. The highest BCUT2D eigenvalue weighted by Gasteiger charge is 2.35. The number of fused-ring (bicyclic) bond motifs is 3. The summed E-state index contributed by atoms with van der Waals surface area (Å²) in [5.74, 6) is -0.0261. The summed E-state index contributed by atoms with van der Waals surface area (Å²) in [4.78, 5) is 31.8. The lowest BCUT2D eigenvalue weighted by atomic mass is 10.0. The second-order valence-electron chi connectivity index (χ2n) is 7.03. The van der Waals surface area contributed by atoms with Gasteiger partial charge < -0.3 is 5.32 Å². The highest BCUT2D eigenvalue weighted by molar-refractivity contribution is 7.99. The summed E-state index contributed by atoms with van der Waals surface area (Å²) < 4.78 is 1.54. The van der Waals surface area contributed by atoms with E-state index < -0.39 is 5.54 Å². The number of amides is 1. The fourth-order valence-corrected chi connectivity index (χ4v) is 5.99. The minimum Gasteiger partial charge on any atom is -0.337 e. The topological polar surface area (TPSA) is 87.8 Å². The van der Waals surface area contributed by atoms with Gasteiger partial charge in [-0.05, 0) is 50.5 Å². The molecule has 8 heteroatoms. The van der Waals surface area contributed by atoms with Crippen molar-refractivity contribution in [2.24, 2.45) is 7.05 Å². The highest BCUT2D eigenvalue weighted by atomic mass is 32.2. The molecule has 2 aromatic rings. The maximum atomic E-state index is 12.8. The van der Waals surface area contributed by atoms with Crippen molar-refractivity contribution < 1.29 is 4.79 Å². The molecule has 0 unspecified atom stereocenters. The summed E-state index contributed by atoms with van der Waals surface area (Å²) in [6.07, 6.45) is 6.45. The van der Waals surface area contributed by atoms with Crippen LogP contribution in [-0.2, 0) is 24.7 Å². The number of hydrogen-bond donors (Lipinski definition) is 1. The van der Waals surface area contributed by atoms with E-state index >= 15 is 0 Å². The van der Waals surface area contributed by atoms with E-state index in [-0.39, 0.29) is 17.2 Å². The molecule has 26 heavy (non-hydrogen) atoms. The first kappa shape index (κ1) is 17.6. The van der Waals surface area contributed by atoms with Crippen molar-refractivity contribution in [1.82, 2.24) is 14.9 Å². The number of nitrogens with zero attached hydrogens (tertiary/aromatic N) is 3. The Hall–Kier alpha value is -1.85. The van der Waals surface area contributed by atoms with Crippen LogP contribution in [-0.4, -0.2) is 26.8 Å². The van der Waals surface area contributed by atoms with Gasteiger partial charge in [-0.15, -0.1) is 11.3 Å². The fourth-order valence-electron chi connectivity index (χ4n) is 3.91. The van der Waals surface area contributed by atoms with Crippen LogP contribution in [0.3, 0.4) is 0 Å². The second kappa shape index (κ2) is 6.71. The molecule has 1 fully saturated rings. The molecule has 2 heterocycles. The van der Waals surface area contributed by atoms with Gasteiger partial charge >= 0.3 is 0 Å². The Balaban J connectivity index is 1.53. The molecule has 0 radical (unpaired) electrons. The van der Waals surface area contributed by atoms with Crippen LogP contribution in [0.1, 0.15) is 42.5 Å². The van der Waals surface area contributed by atoms with Gasteiger partial charge in [-0.25, -0.2) is 4.98 Å².